The molecule has 2 aliphatic rings. The molecule has 0 aromatic heterocycles. The summed E-state index contributed by atoms with van der Waals surface area (Å²) < 4.78 is 89.5. The van der Waals surface area contributed by atoms with Crippen molar-refractivity contribution in [1.82, 2.24) is 4.31 Å². The van der Waals surface area contributed by atoms with Gasteiger partial charge in [-0.3, -0.25) is 4.72 Å². The highest BCUT2D eigenvalue weighted by Crippen LogP contribution is 2.37. The van der Waals surface area contributed by atoms with Gasteiger partial charge >= 0.3 is 0 Å². The average molecular weight is 427 g/mol. The molecule has 146 valence electrons. The number of benzene rings is 1. The first-order valence-corrected chi connectivity index (χ1v) is 13.1. The predicted octanol–water partition coefficient (Wildman–Crippen LogP) is 0.537. The molecule has 1 aromatic rings. The zero-order chi connectivity index (χ0) is 19.3. The van der Waals surface area contributed by atoms with Crippen molar-refractivity contribution in [1.29, 1.82) is 0 Å². The molecule has 1 heterocycles. The molecule has 0 bridgehead atoms. The Hall–Kier alpha value is -1.24. The van der Waals surface area contributed by atoms with Crippen molar-refractivity contribution in [2.45, 2.75) is 36.2 Å². The summed E-state index contributed by atoms with van der Waals surface area (Å²) in [4.78, 5) is -0.590. The Bertz CT molecular complexity index is 1030. The van der Waals surface area contributed by atoms with Crippen molar-refractivity contribution < 1.29 is 29.6 Å². The normalized spacial score (nSPS) is 23.3. The summed E-state index contributed by atoms with van der Waals surface area (Å²) in [5.41, 5.74) is -0.0923. The van der Waals surface area contributed by atoms with E-state index in [0.29, 0.717) is 12.8 Å². The van der Waals surface area contributed by atoms with Crippen LogP contribution in [0.25, 0.3) is 0 Å². The van der Waals surface area contributed by atoms with Gasteiger partial charge in [-0.25, -0.2) is 29.6 Å². The van der Waals surface area contributed by atoms with Crippen LogP contribution >= 0.6 is 0 Å². The number of nitrogens with one attached hydrogen (secondary N) is 1. The van der Waals surface area contributed by atoms with Gasteiger partial charge in [0.2, 0.25) is 20.0 Å². The molecular formula is C14H19FN2O6S3. The minimum Gasteiger partial charge on any atom is -0.284 e. The van der Waals surface area contributed by atoms with Crippen LogP contribution in [0.1, 0.15) is 19.3 Å². The molecule has 2 fully saturated rings. The van der Waals surface area contributed by atoms with Crippen molar-refractivity contribution >= 4 is 35.6 Å². The molecule has 1 N–H and O–H groups in total. The molecule has 1 aliphatic carbocycles. The maximum atomic E-state index is 14.4. The van der Waals surface area contributed by atoms with Gasteiger partial charge in [0.05, 0.1) is 23.4 Å². The van der Waals surface area contributed by atoms with Gasteiger partial charge in [0.15, 0.2) is 9.84 Å². The lowest BCUT2D eigenvalue weighted by Gasteiger charge is -2.27. The van der Waals surface area contributed by atoms with Gasteiger partial charge in [-0.15, -0.1) is 0 Å². The van der Waals surface area contributed by atoms with Crippen LogP contribution in [0.2, 0.25) is 0 Å². The van der Waals surface area contributed by atoms with Crippen LogP contribution in [-0.4, -0.2) is 59.4 Å². The highest BCUT2D eigenvalue weighted by Gasteiger charge is 2.46. The first-order valence-electron chi connectivity index (χ1n) is 7.90. The summed E-state index contributed by atoms with van der Waals surface area (Å²) in [5, 5.41) is 0. The standard InChI is InChI=1S/C14H19FN2O6S3/c1-24(18,19)16-10-2-5-14(13(15)8-10)26(22,23)17(11-3-4-11)12-6-7-25(20,21)9-12/h2,5,8,11-12,16H,3-4,6-7,9H2,1H3/t12-/m0/s1. The van der Waals surface area contributed by atoms with E-state index in [2.05, 4.69) is 4.72 Å². The van der Waals surface area contributed by atoms with Crippen LogP contribution in [0.5, 0.6) is 0 Å². The van der Waals surface area contributed by atoms with E-state index >= 15 is 0 Å². The van der Waals surface area contributed by atoms with E-state index in [1.165, 1.54) is 0 Å². The van der Waals surface area contributed by atoms with Crippen molar-refractivity contribution in [3.63, 3.8) is 0 Å². The Morgan fingerprint density at radius 1 is 1.12 bits per heavy atom. The Morgan fingerprint density at radius 3 is 2.23 bits per heavy atom. The third-order valence-electron chi connectivity index (χ3n) is 4.27. The Morgan fingerprint density at radius 2 is 1.77 bits per heavy atom. The van der Waals surface area contributed by atoms with E-state index in [1.807, 2.05) is 0 Å². The highest BCUT2D eigenvalue weighted by atomic mass is 32.2. The number of hydrogen-bond acceptors (Lipinski definition) is 6. The molecule has 0 radical (unpaired) electrons. The fraction of sp³-hybridized carbons (Fsp3) is 0.571. The van der Waals surface area contributed by atoms with Gasteiger partial charge in [-0.05, 0) is 37.5 Å². The summed E-state index contributed by atoms with van der Waals surface area (Å²) in [7, 11) is -11.2. The van der Waals surface area contributed by atoms with Crippen molar-refractivity contribution in [2.75, 3.05) is 22.5 Å². The summed E-state index contributed by atoms with van der Waals surface area (Å²) in [6, 6.07) is 1.92. The van der Waals surface area contributed by atoms with E-state index in [4.69, 9.17) is 0 Å². The zero-order valence-electron chi connectivity index (χ0n) is 13.9. The molecule has 8 nitrogen and oxygen atoms in total. The largest absolute Gasteiger partial charge is 0.284 e. The maximum Gasteiger partial charge on any atom is 0.246 e. The van der Waals surface area contributed by atoms with E-state index in [1.54, 1.807) is 0 Å². The van der Waals surface area contributed by atoms with Gasteiger partial charge in [0.25, 0.3) is 0 Å². The highest BCUT2D eigenvalue weighted by molar-refractivity contribution is 7.92. The molecule has 12 heteroatoms. The van der Waals surface area contributed by atoms with E-state index < -0.39 is 46.6 Å². The molecule has 1 aromatic carbocycles. The Labute approximate surface area is 152 Å². The molecule has 1 saturated heterocycles. The number of sulfonamides is 2. The number of sulfone groups is 1. The minimum atomic E-state index is -4.25. The van der Waals surface area contributed by atoms with Crippen LogP contribution in [0.15, 0.2) is 23.1 Å². The summed E-state index contributed by atoms with van der Waals surface area (Å²) >= 11 is 0. The second-order valence-electron chi connectivity index (χ2n) is 6.64. The number of hydrogen-bond donors (Lipinski definition) is 1. The molecule has 1 atom stereocenters. The third-order valence-corrected chi connectivity index (χ3v) is 8.66. The molecule has 0 amide bonds. The zero-order valence-corrected chi connectivity index (χ0v) is 16.4. The van der Waals surface area contributed by atoms with E-state index in [0.717, 1.165) is 28.8 Å². The average Bonchev–Trinajstić information content (AvgIpc) is 3.20. The quantitative estimate of drug-likeness (QED) is 0.709. The molecule has 3 rings (SSSR count). The third kappa shape index (κ3) is 4.18. The summed E-state index contributed by atoms with van der Waals surface area (Å²) in [5.74, 6) is -1.45. The monoisotopic (exact) mass is 426 g/mol. The summed E-state index contributed by atoms with van der Waals surface area (Å²) in [6.45, 7) is 0. The topological polar surface area (TPSA) is 118 Å². The van der Waals surface area contributed by atoms with E-state index in [-0.39, 0.29) is 29.7 Å². The Balaban J connectivity index is 1.95. The number of halogens is 1. The lowest BCUT2D eigenvalue weighted by atomic mass is 10.2. The number of anilines is 1. The van der Waals surface area contributed by atoms with Crippen LogP contribution in [0, 0.1) is 5.82 Å². The predicted molar refractivity (Wildman–Crippen MR) is 94.0 cm³/mol. The van der Waals surface area contributed by atoms with Gasteiger partial charge in [0, 0.05) is 12.1 Å². The van der Waals surface area contributed by atoms with Crippen LogP contribution in [0.4, 0.5) is 10.1 Å². The molecule has 1 saturated carbocycles. The molecule has 0 spiro atoms. The SMILES string of the molecule is CS(=O)(=O)Nc1ccc(S(=O)(=O)N(C2CC2)[C@H]2CCS(=O)(=O)C2)c(F)c1. The van der Waals surface area contributed by atoms with Crippen LogP contribution in [-0.2, 0) is 29.9 Å². The molecule has 26 heavy (non-hydrogen) atoms. The molecular weight excluding hydrogens is 407 g/mol. The molecule has 1 aliphatic heterocycles. The van der Waals surface area contributed by atoms with Crippen molar-refractivity contribution in [3.8, 4) is 0 Å². The van der Waals surface area contributed by atoms with Gasteiger partial charge in [0.1, 0.15) is 10.7 Å². The van der Waals surface area contributed by atoms with E-state index in [9.17, 15) is 29.6 Å². The van der Waals surface area contributed by atoms with Crippen LogP contribution in [0.3, 0.4) is 0 Å². The second kappa shape index (κ2) is 6.43. The molecule has 0 unspecified atom stereocenters. The fourth-order valence-electron chi connectivity index (χ4n) is 3.10. The minimum absolute atomic E-state index is 0.0872. The number of nitrogens with zero attached hydrogens (tertiary/aromatic N) is 1. The van der Waals surface area contributed by atoms with Crippen molar-refractivity contribution in [2.24, 2.45) is 0 Å². The first kappa shape index (κ1) is 19.5. The lowest BCUT2D eigenvalue weighted by molar-refractivity contribution is 0.331. The lowest BCUT2D eigenvalue weighted by Crippen LogP contribution is -2.43. The van der Waals surface area contributed by atoms with Gasteiger partial charge < -0.3 is 0 Å². The smallest absolute Gasteiger partial charge is 0.246 e. The second-order valence-corrected chi connectivity index (χ2v) is 12.4. The Kier molecular flexibility index (Phi) is 4.83. The van der Waals surface area contributed by atoms with Gasteiger partial charge in [-0.2, -0.15) is 4.31 Å². The first-order chi connectivity index (χ1) is 11.9. The summed E-state index contributed by atoms with van der Waals surface area (Å²) in [6.07, 6.45) is 2.29. The number of rotatable bonds is 6. The fourth-order valence-corrected chi connectivity index (χ4v) is 7.41. The maximum absolute atomic E-state index is 14.4. The van der Waals surface area contributed by atoms with Crippen molar-refractivity contribution in [3.05, 3.63) is 24.0 Å². The van der Waals surface area contributed by atoms with Crippen LogP contribution < -0.4 is 4.72 Å². The van der Waals surface area contributed by atoms with Gasteiger partial charge in [-0.1, -0.05) is 0 Å².